The topological polar surface area (TPSA) is 52.5 Å². The molecule has 2 aromatic carbocycles. The highest BCUT2D eigenvalue weighted by Crippen LogP contribution is 2.25. The molecule has 0 spiro atoms. The maximum absolute atomic E-state index is 9.58. The minimum atomic E-state index is 0.274. The molecule has 3 N–H and O–H groups in total. The van der Waals surface area contributed by atoms with Crippen molar-refractivity contribution in [1.82, 2.24) is 0 Å². The molecule has 0 bridgehead atoms. The first-order valence-electron chi connectivity index (χ1n) is 5.88. The summed E-state index contributed by atoms with van der Waals surface area (Å²) >= 11 is 0. The van der Waals surface area contributed by atoms with E-state index in [1.54, 1.807) is 18.2 Å². The van der Waals surface area contributed by atoms with Crippen molar-refractivity contribution in [2.24, 2.45) is 0 Å². The summed E-state index contributed by atoms with van der Waals surface area (Å²) in [5, 5.41) is 22.1. The number of hydrogen-bond acceptors (Lipinski definition) is 3. The summed E-state index contributed by atoms with van der Waals surface area (Å²) in [5.41, 5.74) is 3.97. The number of nitrogens with one attached hydrogen (secondary N) is 1. The molecule has 2 rings (SSSR count). The van der Waals surface area contributed by atoms with E-state index in [0.717, 1.165) is 22.4 Å². The van der Waals surface area contributed by atoms with Gasteiger partial charge in [-0.05, 0) is 54.8 Å². The lowest BCUT2D eigenvalue weighted by molar-refractivity contribution is 0.470. The van der Waals surface area contributed by atoms with Crippen LogP contribution < -0.4 is 5.32 Å². The van der Waals surface area contributed by atoms with Gasteiger partial charge in [-0.1, -0.05) is 12.1 Å². The zero-order valence-electron chi connectivity index (χ0n) is 10.6. The Labute approximate surface area is 107 Å². The molecule has 0 heterocycles. The van der Waals surface area contributed by atoms with Gasteiger partial charge < -0.3 is 15.5 Å². The van der Waals surface area contributed by atoms with Crippen LogP contribution in [0.1, 0.15) is 16.7 Å². The van der Waals surface area contributed by atoms with E-state index in [1.807, 2.05) is 32.0 Å². The second-order valence-electron chi connectivity index (χ2n) is 4.47. The molecule has 0 radical (unpaired) electrons. The van der Waals surface area contributed by atoms with E-state index < -0.39 is 0 Å². The molecule has 0 atom stereocenters. The van der Waals surface area contributed by atoms with Crippen molar-refractivity contribution in [3.63, 3.8) is 0 Å². The van der Waals surface area contributed by atoms with E-state index >= 15 is 0 Å². The van der Waals surface area contributed by atoms with E-state index in [-0.39, 0.29) is 5.75 Å². The summed E-state index contributed by atoms with van der Waals surface area (Å²) in [7, 11) is 0. The van der Waals surface area contributed by atoms with Crippen LogP contribution in [0.3, 0.4) is 0 Å². The number of anilines is 1. The fourth-order valence-corrected chi connectivity index (χ4v) is 1.80. The maximum atomic E-state index is 9.58. The van der Waals surface area contributed by atoms with Gasteiger partial charge in [0.25, 0.3) is 0 Å². The highest BCUT2D eigenvalue weighted by molar-refractivity contribution is 5.56. The van der Waals surface area contributed by atoms with E-state index in [1.165, 1.54) is 0 Å². The molecule has 0 amide bonds. The maximum Gasteiger partial charge on any atom is 0.118 e. The van der Waals surface area contributed by atoms with Gasteiger partial charge in [-0.15, -0.1) is 0 Å². The predicted molar refractivity (Wildman–Crippen MR) is 73.0 cm³/mol. The highest BCUT2D eigenvalue weighted by Gasteiger charge is 2.03. The van der Waals surface area contributed by atoms with Crippen molar-refractivity contribution in [1.29, 1.82) is 0 Å². The van der Waals surface area contributed by atoms with Crippen LogP contribution in [0.2, 0.25) is 0 Å². The van der Waals surface area contributed by atoms with Gasteiger partial charge in [0, 0.05) is 12.2 Å². The molecular weight excluding hydrogens is 226 g/mol. The van der Waals surface area contributed by atoms with Crippen molar-refractivity contribution in [2.75, 3.05) is 5.32 Å². The van der Waals surface area contributed by atoms with Crippen LogP contribution in [0, 0.1) is 13.8 Å². The fourth-order valence-electron chi connectivity index (χ4n) is 1.80. The molecule has 18 heavy (non-hydrogen) atoms. The number of aryl methyl sites for hydroxylation is 2. The molecule has 0 fully saturated rings. The molecule has 0 unspecified atom stereocenters. The Hall–Kier alpha value is -2.16. The monoisotopic (exact) mass is 243 g/mol. The van der Waals surface area contributed by atoms with Crippen LogP contribution >= 0.6 is 0 Å². The lowest BCUT2D eigenvalue weighted by atomic mass is 10.1. The summed E-state index contributed by atoms with van der Waals surface area (Å²) in [5.74, 6) is 0.595. The predicted octanol–water partition coefficient (Wildman–Crippen LogP) is 3.33. The van der Waals surface area contributed by atoms with Gasteiger partial charge in [0.1, 0.15) is 11.5 Å². The highest BCUT2D eigenvalue weighted by atomic mass is 16.3. The molecule has 0 saturated carbocycles. The van der Waals surface area contributed by atoms with Gasteiger partial charge in [-0.2, -0.15) is 0 Å². The van der Waals surface area contributed by atoms with E-state index in [9.17, 15) is 10.2 Å². The number of hydrogen-bond donors (Lipinski definition) is 3. The van der Waals surface area contributed by atoms with Gasteiger partial charge in [-0.3, -0.25) is 0 Å². The van der Waals surface area contributed by atoms with E-state index in [2.05, 4.69) is 5.32 Å². The number of phenolic OH excluding ortho intramolecular Hbond substituents is 2. The third-order valence-corrected chi connectivity index (χ3v) is 2.96. The summed E-state index contributed by atoms with van der Waals surface area (Å²) < 4.78 is 0. The number of aromatic hydroxyl groups is 2. The Morgan fingerprint density at radius 1 is 0.944 bits per heavy atom. The number of rotatable bonds is 3. The Bertz CT molecular complexity index is 547. The average molecular weight is 243 g/mol. The van der Waals surface area contributed by atoms with Crippen LogP contribution in [-0.2, 0) is 6.54 Å². The zero-order chi connectivity index (χ0) is 13.1. The molecule has 0 aliphatic rings. The Balaban J connectivity index is 2.10. The molecule has 0 aliphatic heterocycles. The summed E-state index contributed by atoms with van der Waals surface area (Å²) in [6.07, 6.45) is 0. The zero-order valence-corrected chi connectivity index (χ0v) is 10.6. The van der Waals surface area contributed by atoms with E-state index in [4.69, 9.17) is 0 Å². The molecular formula is C15H17NO2. The minimum absolute atomic E-state index is 0.274. The molecule has 0 saturated heterocycles. The van der Waals surface area contributed by atoms with Crippen molar-refractivity contribution in [3.05, 3.63) is 53.1 Å². The van der Waals surface area contributed by atoms with E-state index in [0.29, 0.717) is 12.3 Å². The van der Waals surface area contributed by atoms with Gasteiger partial charge in [0.2, 0.25) is 0 Å². The van der Waals surface area contributed by atoms with Crippen LogP contribution in [0.4, 0.5) is 5.69 Å². The lowest BCUT2D eigenvalue weighted by Crippen LogP contribution is -2.01. The third-order valence-electron chi connectivity index (χ3n) is 2.96. The Morgan fingerprint density at radius 3 is 2.28 bits per heavy atom. The molecule has 0 aromatic heterocycles. The molecule has 3 heteroatoms. The van der Waals surface area contributed by atoms with Crippen LogP contribution in [-0.4, -0.2) is 10.2 Å². The van der Waals surface area contributed by atoms with Crippen LogP contribution in [0.5, 0.6) is 11.5 Å². The first kappa shape index (κ1) is 12.3. The second-order valence-corrected chi connectivity index (χ2v) is 4.47. The van der Waals surface area contributed by atoms with Crippen molar-refractivity contribution >= 4 is 5.69 Å². The van der Waals surface area contributed by atoms with Crippen LogP contribution in [0.25, 0.3) is 0 Å². The first-order chi connectivity index (χ1) is 8.56. The standard InChI is InChI=1S/C15H17NO2/c1-10-8-15(18)11(2)7-14(10)16-9-12-3-5-13(17)6-4-12/h3-8,16-18H,9H2,1-2H3. The largest absolute Gasteiger partial charge is 0.508 e. The minimum Gasteiger partial charge on any atom is -0.508 e. The lowest BCUT2D eigenvalue weighted by Gasteiger charge is -2.11. The van der Waals surface area contributed by atoms with Crippen molar-refractivity contribution in [3.8, 4) is 11.5 Å². The molecule has 2 aromatic rings. The Kier molecular flexibility index (Phi) is 3.42. The van der Waals surface area contributed by atoms with Gasteiger partial charge in [0.15, 0.2) is 0 Å². The smallest absolute Gasteiger partial charge is 0.118 e. The van der Waals surface area contributed by atoms with Crippen molar-refractivity contribution < 1.29 is 10.2 Å². The van der Waals surface area contributed by atoms with Gasteiger partial charge in [0.05, 0.1) is 0 Å². The summed E-state index contributed by atoms with van der Waals surface area (Å²) in [6, 6.07) is 10.8. The Morgan fingerprint density at radius 2 is 1.61 bits per heavy atom. The summed E-state index contributed by atoms with van der Waals surface area (Å²) in [4.78, 5) is 0. The molecule has 94 valence electrons. The number of phenols is 2. The SMILES string of the molecule is Cc1cc(NCc2ccc(O)cc2)c(C)cc1O. The van der Waals surface area contributed by atoms with Crippen LogP contribution in [0.15, 0.2) is 36.4 Å². The molecule has 3 nitrogen and oxygen atoms in total. The van der Waals surface area contributed by atoms with Gasteiger partial charge in [-0.25, -0.2) is 0 Å². The second kappa shape index (κ2) is 5.00. The number of benzene rings is 2. The first-order valence-corrected chi connectivity index (χ1v) is 5.88. The summed E-state index contributed by atoms with van der Waals surface area (Å²) in [6.45, 7) is 4.52. The quantitative estimate of drug-likeness (QED) is 0.725. The van der Waals surface area contributed by atoms with Gasteiger partial charge >= 0.3 is 0 Å². The fraction of sp³-hybridized carbons (Fsp3) is 0.200. The normalized spacial score (nSPS) is 10.3. The third kappa shape index (κ3) is 2.74. The van der Waals surface area contributed by atoms with Crippen molar-refractivity contribution in [2.45, 2.75) is 20.4 Å². The average Bonchev–Trinajstić information content (AvgIpc) is 2.34. The molecule has 0 aliphatic carbocycles.